The molecule has 2 amide bonds. The number of benzene rings is 3. The molecule has 0 heterocycles. The van der Waals surface area contributed by atoms with Gasteiger partial charge in [0.25, 0.3) is 0 Å². The van der Waals surface area contributed by atoms with Gasteiger partial charge < -0.3 is 10.2 Å². The second-order valence-corrected chi connectivity index (χ2v) is 11.0. The number of carbonyl (C=O) groups excluding carboxylic acids is 2. The van der Waals surface area contributed by atoms with Crippen molar-refractivity contribution in [1.82, 2.24) is 10.2 Å². The lowest BCUT2D eigenvalue weighted by molar-refractivity contribution is -0.141. The highest BCUT2D eigenvalue weighted by Gasteiger charge is 2.33. The van der Waals surface area contributed by atoms with Crippen LogP contribution in [0.15, 0.2) is 66.7 Å². The van der Waals surface area contributed by atoms with E-state index in [1.165, 1.54) is 0 Å². The van der Waals surface area contributed by atoms with Gasteiger partial charge in [-0.25, -0.2) is 0 Å². The van der Waals surface area contributed by atoms with Crippen molar-refractivity contribution in [2.75, 3.05) is 0 Å². The smallest absolute Gasteiger partial charge is 0.243 e. The Kier molecular flexibility index (Phi) is 9.77. The van der Waals surface area contributed by atoms with Crippen molar-refractivity contribution in [1.29, 1.82) is 0 Å². The van der Waals surface area contributed by atoms with Gasteiger partial charge in [0.05, 0.1) is 6.42 Å². The van der Waals surface area contributed by atoms with Crippen LogP contribution in [0.4, 0.5) is 0 Å². The number of rotatable bonds is 9. The van der Waals surface area contributed by atoms with Gasteiger partial charge in [0, 0.05) is 44.7 Å². The van der Waals surface area contributed by atoms with Crippen LogP contribution < -0.4 is 5.32 Å². The molecule has 3 aromatic carbocycles. The molecule has 0 radical (unpaired) electrons. The lowest BCUT2D eigenvalue weighted by Crippen LogP contribution is -2.52. The summed E-state index contributed by atoms with van der Waals surface area (Å²) in [5.41, 5.74) is 2.16. The van der Waals surface area contributed by atoms with Crippen LogP contribution in [-0.2, 0) is 29.0 Å². The van der Waals surface area contributed by atoms with Crippen LogP contribution in [0.5, 0.6) is 0 Å². The standard InChI is InChI=1S/C29H28Cl4N2O2/c30-21-14-13-20(26(33)17-21)16-28(36)35(18-23-24(31)11-6-12-25(23)32)27(15-19-7-2-1-3-8-19)29(37)34-22-9-4-5-10-22/h1-3,6-8,11-14,17,22,27H,4-5,9-10,15-16,18H2,(H,34,37)/t27-/m1/s1. The second kappa shape index (κ2) is 13.0. The van der Waals surface area contributed by atoms with E-state index in [1.807, 2.05) is 30.3 Å². The maximum atomic E-state index is 13.9. The van der Waals surface area contributed by atoms with Gasteiger partial charge in [-0.05, 0) is 48.2 Å². The molecule has 1 atom stereocenters. The van der Waals surface area contributed by atoms with Gasteiger partial charge in [-0.3, -0.25) is 9.59 Å². The zero-order valence-electron chi connectivity index (χ0n) is 20.2. The summed E-state index contributed by atoms with van der Waals surface area (Å²) in [6, 6.07) is 19.3. The summed E-state index contributed by atoms with van der Waals surface area (Å²) in [4.78, 5) is 29.3. The number of carbonyl (C=O) groups is 2. The lowest BCUT2D eigenvalue weighted by Gasteiger charge is -2.33. The Balaban J connectivity index is 1.71. The van der Waals surface area contributed by atoms with Crippen LogP contribution in [0.3, 0.4) is 0 Å². The molecule has 1 saturated carbocycles. The fraction of sp³-hybridized carbons (Fsp3) is 0.310. The average molecular weight is 578 g/mol. The van der Waals surface area contributed by atoms with Gasteiger partial charge in [-0.2, -0.15) is 0 Å². The molecule has 1 aliphatic rings. The molecule has 4 rings (SSSR count). The van der Waals surface area contributed by atoms with Gasteiger partial charge in [-0.15, -0.1) is 0 Å². The Morgan fingerprint density at radius 2 is 1.54 bits per heavy atom. The molecule has 0 bridgehead atoms. The number of nitrogens with zero attached hydrogens (tertiary/aromatic N) is 1. The van der Waals surface area contributed by atoms with E-state index < -0.39 is 6.04 Å². The molecule has 0 aliphatic heterocycles. The minimum atomic E-state index is -0.770. The molecule has 8 heteroatoms. The first-order chi connectivity index (χ1) is 17.8. The lowest BCUT2D eigenvalue weighted by atomic mass is 10.0. The van der Waals surface area contributed by atoms with Crippen molar-refractivity contribution < 1.29 is 9.59 Å². The Bertz CT molecular complexity index is 1230. The summed E-state index contributed by atoms with van der Waals surface area (Å²) in [6.07, 6.45) is 4.40. The summed E-state index contributed by atoms with van der Waals surface area (Å²) < 4.78 is 0. The molecule has 1 N–H and O–H groups in total. The van der Waals surface area contributed by atoms with E-state index in [4.69, 9.17) is 46.4 Å². The van der Waals surface area contributed by atoms with Crippen LogP contribution in [-0.4, -0.2) is 28.8 Å². The molecule has 0 unspecified atom stereocenters. The predicted octanol–water partition coefficient (Wildman–Crippen LogP) is 7.54. The summed E-state index contributed by atoms with van der Waals surface area (Å²) in [7, 11) is 0. The number of amides is 2. The number of hydrogen-bond acceptors (Lipinski definition) is 2. The Labute approximate surface area is 237 Å². The SMILES string of the molecule is O=C(NC1CCCC1)[C@@H](Cc1ccccc1)N(Cc1c(Cl)cccc1Cl)C(=O)Cc1ccc(Cl)cc1Cl. The van der Waals surface area contributed by atoms with E-state index in [-0.39, 0.29) is 30.8 Å². The third-order valence-electron chi connectivity index (χ3n) is 6.72. The fourth-order valence-corrected chi connectivity index (χ4v) is 5.70. The summed E-state index contributed by atoms with van der Waals surface area (Å²) in [5, 5.41) is 4.94. The number of nitrogens with one attached hydrogen (secondary N) is 1. The van der Waals surface area contributed by atoms with Crippen LogP contribution in [0.25, 0.3) is 0 Å². The monoisotopic (exact) mass is 576 g/mol. The molecule has 1 aliphatic carbocycles. The van der Waals surface area contributed by atoms with Crippen LogP contribution in [0.1, 0.15) is 42.4 Å². The van der Waals surface area contributed by atoms with E-state index in [9.17, 15) is 9.59 Å². The maximum absolute atomic E-state index is 13.9. The Morgan fingerprint density at radius 1 is 0.865 bits per heavy atom. The van der Waals surface area contributed by atoms with Crippen LogP contribution >= 0.6 is 46.4 Å². The van der Waals surface area contributed by atoms with Crippen LogP contribution in [0, 0.1) is 0 Å². The largest absolute Gasteiger partial charge is 0.352 e. The van der Waals surface area contributed by atoms with E-state index in [0.29, 0.717) is 37.6 Å². The quantitative estimate of drug-likeness (QED) is 0.285. The van der Waals surface area contributed by atoms with Gasteiger partial charge >= 0.3 is 0 Å². The van der Waals surface area contributed by atoms with Crippen molar-refractivity contribution in [3.05, 3.63) is 104 Å². The van der Waals surface area contributed by atoms with E-state index in [2.05, 4.69) is 5.32 Å². The van der Waals surface area contributed by atoms with E-state index in [1.54, 1.807) is 41.3 Å². The molecule has 194 valence electrons. The Hall–Kier alpha value is -2.24. The van der Waals surface area contributed by atoms with Gasteiger partial charge in [0.15, 0.2) is 0 Å². The molecule has 37 heavy (non-hydrogen) atoms. The third kappa shape index (κ3) is 7.42. The topological polar surface area (TPSA) is 49.4 Å². The minimum absolute atomic E-state index is 0.0000716. The first-order valence-corrected chi connectivity index (χ1v) is 13.8. The second-order valence-electron chi connectivity index (χ2n) is 9.33. The number of halogens is 4. The summed E-state index contributed by atoms with van der Waals surface area (Å²) >= 11 is 25.5. The molecule has 1 fully saturated rings. The Morgan fingerprint density at radius 3 is 2.19 bits per heavy atom. The van der Waals surface area contributed by atoms with Crippen LogP contribution in [0.2, 0.25) is 20.1 Å². The van der Waals surface area contributed by atoms with Crippen molar-refractivity contribution in [2.45, 2.75) is 57.2 Å². The molecule has 0 aromatic heterocycles. The maximum Gasteiger partial charge on any atom is 0.243 e. The minimum Gasteiger partial charge on any atom is -0.352 e. The van der Waals surface area contributed by atoms with E-state index in [0.717, 1.165) is 31.2 Å². The fourth-order valence-electron chi connectivity index (χ4n) is 4.70. The highest BCUT2D eigenvalue weighted by molar-refractivity contribution is 6.36. The van der Waals surface area contributed by atoms with Gasteiger partial charge in [0.2, 0.25) is 11.8 Å². The van der Waals surface area contributed by atoms with E-state index >= 15 is 0 Å². The molecule has 3 aromatic rings. The van der Waals surface area contributed by atoms with Crippen molar-refractivity contribution >= 4 is 58.2 Å². The third-order valence-corrected chi connectivity index (χ3v) is 8.01. The zero-order valence-corrected chi connectivity index (χ0v) is 23.3. The first kappa shape index (κ1) is 27.8. The predicted molar refractivity (Wildman–Crippen MR) is 152 cm³/mol. The highest BCUT2D eigenvalue weighted by Crippen LogP contribution is 2.29. The van der Waals surface area contributed by atoms with Crippen molar-refractivity contribution in [2.24, 2.45) is 0 Å². The summed E-state index contributed by atoms with van der Waals surface area (Å²) in [5.74, 6) is -0.447. The van der Waals surface area contributed by atoms with Crippen molar-refractivity contribution in [3.63, 3.8) is 0 Å². The molecule has 0 saturated heterocycles. The van der Waals surface area contributed by atoms with Gasteiger partial charge in [-0.1, -0.05) is 102 Å². The van der Waals surface area contributed by atoms with Gasteiger partial charge in [0.1, 0.15) is 6.04 Å². The first-order valence-electron chi connectivity index (χ1n) is 12.3. The molecule has 0 spiro atoms. The normalized spacial score (nSPS) is 14.4. The average Bonchev–Trinajstić information content (AvgIpc) is 3.38. The zero-order chi connectivity index (χ0) is 26.4. The highest BCUT2D eigenvalue weighted by atomic mass is 35.5. The molecule has 4 nitrogen and oxygen atoms in total. The molecular weight excluding hydrogens is 550 g/mol. The summed E-state index contributed by atoms with van der Waals surface area (Å²) in [6.45, 7) is 0.0815. The molecular formula is C29H28Cl4N2O2. The van der Waals surface area contributed by atoms with Crippen molar-refractivity contribution in [3.8, 4) is 0 Å². The number of hydrogen-bond donors (Lipinski definition) is 1.